The highest BCUT2D eigenvalue weighted by atomic mass is 32.2. The maximum atomic E-state index is 12.4. The molecule has 23 heavy (non-hydrogen) atoms. The van der Waals surface area contributed by atoms with E-state index in [1.807, 2.05) is 19.1 Å². The van der Waals surface area contributed by atoms with Crippen LogP contribution in [0.3, 0.4) is 0 Å². The zero-order chi connectivity index (χ0) is 17.0. The largest absolute Gasteiger partial charge is 0.493 e. The number of para-hydroxylation sites is 1. The fourth-order valence-corrected chi connectivity index (χ4v) is 3.02. The summed E-state index contributed by atoms with van der Waals surface area (Å²) in [5.74, 6) is -0.518. The first-order chi connectivity index (χ1) is 11.0. The normalized spacial score (nSPS) is 17.5. The Hall–Kier alpha value is -2.28. The highest BCUT2D eigenvalue weighted by Gasteiger charge is 2.41. The van der Waals surface area contributed by atoms with Crippen molar-refractivity contribution in [3.05, 3.63) is 34.7 Å². The Labute approximate surface area is 138 Å². The Bertz CT molecular complexity index is 670. The number of carbonyl (C=O) groups excluding carboxylic acids is 3. The van der Waals surface area contributed by atoms with Gasteiger partial charge in [0, 0.05) is 5.56 Å². The predicted molar refractivity (Wildman–Crippen MR) is 86.9 cm³/mol. The van der Waals surface area contributed by atoms with Crippen LogP contribution >= 0.6 is 11.8 Å². The SMILES string of the molecule is CCOc1ccccc1/C=C1/SC(=O)N([C@@H](C)C(=O)OC)C1=O. The Morgan fingerprint density at radius 1 is 1.35 bits per heavy atom. The number of benzene rings is 1. The van der Waals surface area contributed by atoms with Crippen LogP contribution in [0.4, 0.5) is 4.79 Å². The summed E-state index contributed by atoms with van der Waals surface area (Å²) < 4.78 is 10.1. The fraction of sp³-hybridized carbons (Fsp3) is 0.312. The van der Waals surface area contributed by atoms with Gasteiger partial charge in [0.2, 0.25) is 0 Å². The van der Waals surface area contributed by atoms with E-state index in [4.69, 9.17) is 4.74 Å². The average Bonchev–Trinajstić information content (AvgIpc) is 2.82. The van der Waals surface area contributed by atoms with Crippen molar-refractivity contribution >= 4 is 35.0 Å². The molecule has 0 N–H and O–H groups in total. The number of hydrogen-bond donors (Lipinski definition) is 0. The van der Waals surface area contributed by atoms with E-state index in [0.717, 1.165) is 16.7 Å². The second kappa shape index (κ2) is 7.32. The molecule has 2 amide bonds. The van der Waals surface area contributed by atoms with Crippen LogP contribution in [0.25, 0.3) is 6.08 Å². The van der Waals surface area contributed by atoms with Gasteiger partial charge in [0.05, 0.1) is 18.6 Å². The van der Waals surface area contributed by atoms with Gasteiger partial charge in [0.25, 0.3) is 11.1 Å². The number of rotatable bonds is 5. The molecule has 2 rings (SSSR count). The van der Waals surface area contributed by atoms with E-state index in [2.05, 4.69) is 4.74 Å². The fourth-order valence-electron chi connectivity index (χ4n) is 2.12. The van der Waals surface area contributed by atoms with E-state index < -0.39 is 23.2 Å². The number of imide groups is 1. The number of hydrogen-bond acceptors (Lipinski definition) is 6. The lowest BCUT2D eigenvalue weighted by Gasteiger charge is -2.18. The van der Waals surface area contributed by atoms with Crippen LogP contribution < -0.4 is 4.74 Å². The summed E-state index contributed by atoms with van der Waals surface area (Å²) in [4.78, 5) is 37.2. The maximum absolute atomic E-state index is 12.4. The van der Waals surface area contributed by atoms with Gasteiger partial charge >= 0.3 is 5.97 Å². The van der Waals surface area contributed by atoms with Gasteiger partial charge in [-0.05, 0) is 37.8 Å². The first-order valence-electron chi connectivity index (χ1n) is 7.06. The van der Waals surface area contributed by atoms with Crippen molar-refractivity contribution in [3.63, 3.8) is 0 Å². The predicted octanol–water partition coefficient (Wildman–Crippen LogP) is 2.68. The molecule has 122 valence electrons. The molecule has 0 aliphatic carbocycles. The average molecular weight is 335 g/mol. The third-order valence-corrected chi connectivity index (χ3v) is 4.14. The molecular weight excluding hydrogens is 318 g/mol. The number of thioether (sulfide) groups is 1. The lowest BCUT2D eigenvalue weighted by Crippen LogP contribution is -2.42. The molecule has 7 heteroatoms. The van der Waals surface area contributed by atoms with Crippen molar-refractivity contribution in [2.24, 2.45) is 0 Å². The quantitative estimate of drug-likeness (QED) is 0.608. The summed E-state index contributed by atoms with van der Waals surface area (Å²) in [5.41, 5.74) is 0.700. The monoisotopic (exact) mass is 335 g/mol. The summed E-state index contributed by atoms with van der Waals surface area (Å²) in [6.07, 6.45) is 1.60. The summed E-state index contributed by atoms with van der Waals surface area (Å²) in [6.45, 7) is 3.81. The Morgan fingerprint density at radius 3 is 2.70 bits per heavy atom. The minimum absolute atomic E-state index is 0.248. The van der Waals surface area contributed by atoms with Crippen molar-refractivity contribution in [2.45, 2.75) is 19.9 Å². The molecule has 0 bridgehead atoms. The number of amides is 2. The van der Waals surface area contributed by atoms with E-state index in [-0.39, 0.29) is 4.91 Å². The smallest absolute Gasteiger partial charge is 0.328 e. The number of ether oxygens (including phenoxy) is 2. The lowest BCUT2D eigenvalue weighted by atomic mass is 10.2. The Balaban J connectivity index is 2.31. The van der Waals surface area contributed by atoms with Crippen molar-refractivity contribution < 1.29 is 23.9 Å². The van der Waals surface area contributed by atoms with Crippen LogP contribution in [0.5, 0.6) is 5.75 Å². The van der Waals surface area contributed by atoms with Gasteiger partial charge in [0.1, 0.15) is 11.8 Å². The third-order valence-electron chi connectivity index (χ3n) is 3.26. The Morgan fingerprint density at radius 2 is 2.04 bits per heavy atom. The zero-order valence-electron chi connectivity index (χ0n) is 13.1. The number of methoxy groups -OCH3 is 1. The highest BCUT2D eigenvalue weighted by molar-refractivity contribution is 8.18. The molecule has 1 heterocycles. The van der Waals surface area contributed by atoms with Gasteiger partial charge in [0.15, 0.2) is 0 Å². The summed E-state index contributed by atoms with van der Waals surface area (Å²) in [6, 6.07) is 6.27. The van der Waals surface area contributed by atoms with Gasteiger partial charge in [-0.3, -0.25) is 14.5 Å². The van der Waals surface area contributed by atoms with Crippen LogP contribution in [-0.4, -0.2) is 41.8 Å². The van der Waals surface area contributed by atoms with E-state index >= 15 is 0 Å². The van der Waals surface area contributed by atoms with Gasteiger partial charge < -0.3 is 9.47 Å². The van der Waals surface area contributed by atoms with Crippen molar-refractivity contribution in [1.29, 1.82) is 0 Å². The van der Waals surface area contributed by atoms with E-state index in [0.29, 0.717) is 17.9 Å². The number of esters is 1. The van der Waals surface area contributed by atoms with E-state index in [1.54, 1.807) is 18.2 Å². The molecule has 0 spiro atoms. The molecule has 1 aromatic carbocycles. The molecule has 0 aromatic heterocycles. The minimum Gasteiger partial charge on any atom is -0.493 e. The third kappa shape index (κ3) is 3.56. The molecule has 1 aromatic rings. The van der Waals surface area contributed by atoms with Crippen LogP contribution in [0.15, 0.2) is 29.2 Å². The Kier molecular flexibility index (Phi) is 5.44. The van der Waals surface area contributed by atoms with Crippen LogP contribution in [-0.2, 0) is 14.3 Å². The lowest BCUT2D eigenvalue weighted by molar-refractivity contribution is -0.148. The number of carbonyl (C=O) groups is 3. The van der Waals surface area contributed by atoms with Gasteiger partial charge in [-0.2, -0.15) is 0 Å². The highest BCUT2D eigenvalue weighted by Crippen LogP contribution is 2.35. The first-order valence-corrected chi connectivity index (χ1v) is 7.88. The van der Waals surface area contributed by atoms with Crippen molar-refractivity contribution in [3.8, 4) is 5.75 Å². The zero-order valence-corrected chi connectivity index (χ0v) is 13.9. The van der Waals surface area contributed by atoms with Crippen molar-refractivity contribution in [2.75, 3.05) is 13.7 Å². The van der Waals surface area contributed by atoms with Crippen LogP contribution in [0, 0.1) is 0 Å². The molecule has 1 atom stereocenters. The molecule has 1 saturated heterocycles. The summed E-state index contributed by atoms with van der Waals surface area (Å²) in [5, 5.41) is -0.493. The maximum Gasteiger partial charge on any atom is 0.328 e. The topological polar surface area (TPSA) is 72.9 Å². The molecule has 0 unspecified atom stereocenters. The molecular formula is C16H17NO5S. The second-order valence-electron chi connectivity index (χ2n) is 4.72. The summed E-state index contributed by atoms with van der Waals surface area (Å²) in [7, 11) is 1.21. The van der Waals surface area contributed by atoms with Crippen LogP contribution in [0.1, 0.15) is 19.4 Å². The van der Waals surface area contributed by atoms with E-state index in [9.17, 15) is 14.4 Å². The van der Waals surface area contributed by atoms with Crippen LogP contribution in [0.2, 0.25) is 0 Å². The molecule has 1 aliphatic rings. The first kappa shape index (κ1) is 17.1. The second-order valence-corrected chi connectivity index (χ2v) is 5.71. The van der Waals surface area contributed by atoms with E-state index in [1.165, 1.54) is 14.0 Å². The molecule has 6 nitrogen and oxygen atoms in total. The molecule has 0 radical (unpaired) electrons. The van der Waals surface area contributed by atoms with Gasteiger partial charge in [-0.15, -0.1) is 0 Å². The summed E-state index contributed by atoms with van der Waals surface area (Å²) >= 11 is 0.795. The molecule has 0 saturated carbocycles. The molecule has 1 aliphatic heterocycles. The van der Waals surface area contributed by atoms with Gasteiger partial charge in [-0.25, -0.2) is 4.79 Å². The number of nitrogens with zero attached hydrogens (tertiary/aromatic N) is 1. The van der Waals surface area contributed by atoms with Gasteiger partial charge in [-0.1, -0.05) is 18.2 Å². The minimum atomic E-state index is -0.958. The molecule has 1 fully saturated rings. The van der Waals surface area contributed by atoms with Crippen molar-refractivity contribution in [1.82, 2.24) is 4.90 Å². The standard InChI is InChI=1S/C16H17NO5S/c1-4-22-12-8-6-5-7-11(12)9-13-14(18)17(16(20)23-13)10(2)15(19)21-3/h5-10H,4H2,1-3H3/b13-9+/t10-/m0/s1.